The average molecular weight is 552 g/mol. The fourth-order valence-electron chi connectivity index (χ4n) is 4.51. The van der Waals surface area contributed by atoms with Gasteiger partial charge in [0, 0.05) is 17.2 Å². The molecule has 0 amide bonds. The minimum absolute atomic E-state index is 0.255. The van der Waals surface area contributed by atoms with Gasteiger partial charge in [-0.15, -0.1) is 0 Å². The molecule has 0 saturated heterocycles. The Balaban J connectivity index is 1.61. The lowest BCUT2D eigenvalue weighted by atomic mass is 10.1. The Hall–Kier alpha value is -5.31. The van der Waals surface area contributed by atoms with Crippen molar-refractivity contribution in [3.8, 4) is 51.3 Å². The van der Waals surface area contributed by atoms with Crippen molar-refractivity contribution in [1.82, 2.24) is 14.6 Å². The van der Waals surface area contributed by atoms with Crippen molar-refractivity contribution in [1.29, 1.82) is 0 Å². The number of nitrogens with zero attached hydrogens (tertiary/aromatic N) is 3. The SMILES string of the molecule is COc1ccc(-c2cc(C(=O)/C=C/c3cc(OC)c(OC)c(OC)c3)nc3cc(-c4ccccc4)nn23)cc1OC. The predicted octanol–water partition coefficient (Wildman–Crippen LogP) is 6.00. The van der Waals surface area contributed by atoms with Gasteiger partial charge in [0.15, 0.2) is 28.6 Å². The first kappa shape index (κ1) is 27.3. The lowest BCUT2D eigenvalue weighted by molar-refractivity contribution is 0.104. The molecule has 0 fully saturated rings. The Morgan fingerprint density at radius 2 is 1.39 bits per heavy atom. The molecule has 9 heteroatoms. The van der Waals surface area contributed by atoms with Crippen LogP contribution in [0.5, 0.6) is 28.7 Å². The molecule has 2 heterocycles. The highest BCUT2D eigenvalue weighted by Crippen LogP contribution is 2.38. The van der Waals surface area contributed by atoms with Gasteiger partial charge in [-0.05, 0) is 48.0 Å². The topological polar surface area (TPSA) is 93.4 Å². The van der Waals surface area contributed by atoms with E-state index in [-0.39, 0.29) is 11.5 Å². The Labute approximate surface area is 237 Å². The summed E-state index contributed by atoms with van der Waals surface area (Å²) < 4.78 is 28.9. The van der Waals surface area contributed by atoms with Gasteiger partial charge in [0.25, 0.3) is 0 Å². The molecule has 208 valence electrons. The van der Waals surface area contributed by atoms with Crippen LogP contribution in [-0.2, 0) is 0 Å². The number of fused-ring (bicyclic) bond motifs is 1. The third-order valence-corrected chi connectivity index (χ3v) is 6.54. The number of ether oxygens (including phenoxy) is 5. The molecule has 0 aliphatic carbocycles. The summed E-state index contributed by atoms with van der Waals surface area (Å²) in [5.74, 6) is 2.31. The van der Waals surface area contributed by atoms with Gasteiger partial charge < -0.3 is 23.7 Å². The van der Waals surface area contributed by atoms with E-state index in [0.29, 0.717) is 45.7 Å². The number of benzene rings is 3. The quantitative estimate of drug-likeness (QED) is 0.154. The molecule has 3 aromatic carbocycles. The van der Waals surface area contributed by atoms with Crippen LogP contribution in [0.15, 0.2) is 78.9 Å². The van der Waals surface area contributed by atoms with Gasteiger partial charge >= 0.3 is 0 Å². The second-order valence-electron chi connectivity index (χ2n) is 8.92. The second-order valence-corrected chi connectivity index (χ2v) is 8.92. The highest BCUT2D eigenvalue weighted by Gasteiger charge is 2.17. The zero-order valence-corrected chi connectivity index (χ0v) is 23.4. The number of ketones is 1. The number of hydrogen-bond donors (Lipinski definition) is 0. The van der Waals surface area contributed by atoms with Gasteiger partial charge in [0.05, 0.1) is 46.9 Å². The Morgan fingerprint density at radius 3 is 2.02 bits per heavy atom. The monoisotopic (exact) mass is 551 g/mol. The van der Waals surface area contributed by atoms with E-state index in [0.717, 1.165) is 16.8 Å². The van der Waals surface area contributed by atoms with E-state index in [1.165, 1.54) is 13.2 Å². The van der Waals surface area contributed by atoms with E-state index in [9.17, 15) is 4.79 Å². The van der Waals surface area contributed by atoms with E-state index in [1.807, 2.05) is 54.6 Å². The number of carbonyl (C=O) groups excluding carboxylic acids is 1. The van der Waals surface area contributed by atoms with Gasteiger partial charge in [-0.2, -0.15) is 5.10 Å². The molecular formula is C32H29N3O6. The molecule has 41 heavy (non-hydrogen) atoms. The first-order valence-electron chi connectivity index (χ1n) is 12.7. The maximum absolute atomic E-state index is 13.5. The lowest BCUT2D eigenvalue weighted by Crippen LogP contribution is -2.05. The first-order valence-corrected chi connectivity index (χ1v) is 12.7. The molecule has 0 bridgehead atoms. The zero-order valence-electron chi connectivity index (χ0n) is 23.4. The van der Waals surface area contributed by atoms with Crippen molar-refractivity contribution in [2.75, 3.05) is 35.5 Å². The molecule has 9 nitrogen and oxygen atoms in total. The van der Waals surface area contributed by atoms with Crippen molar-refractivity contribution < 1.29 is 28.5 Å². The van der Waals surface area contributed by atoms with E-state index >= 15 is 0 Å². The van der Waals surface area contributed by atoms with E-state index in [4.69, 9.17) is 28.8 Å². The highest BCUT2D eigenvalue weighted by molar-refractivity contribution is 6.06. The molecule has 0 radical (unpaired) electrons. The molecule has 0 spiro atoms. The van der Waals surface area contributed by atoms with Crippen LogP contribution in [0.2, 0.25) is 0 Å². The summed E-state index contributed by atoms with van der Waals surface area (Å²) in [6.45, 7) is 0. The number of rotatable bonds is 10. The van der Waals surface area contributed by atoms with E-state index in [2.05, 4.69) is 4.98 Å². The molecule has 2 aromatic heterocycles. The van der Waals surface area contributed by atoms with Crippen LogP contribution in [0.25, 0.3) is 34.2 Å². The summed E-state index contributed by atoms with van der Waals surface area (Å²) in [4.78, 5) is 18.1. The van der Waals surface area contributed by atoms with Crippen LogP contribution >= 0.6 is 0 Å². The summed E-state index contributed by atoms with van der Waals surface area (Å²) in [5.41, 5.74) is 4.60. The van der Waals surface area contributed by atoms with Crippen molar-refractivity contribution in [3.05, 3.63) is 90.1 Å². The van der Waals surface area contributed by atoms with Crippen LogP contribution in [0.4, 0.5) is 0 Å². The Bertz CT molecular complexity index is 1720. The molecule has 0 atom stereocenters. The highest BCUT2D eigenvalue weighted by atomic mass is 16.5. The minimum Gasteiger partial charge on any atom is -0.493 e. The number of methoxy groups -OCH3 is 5. The third kappa shape index (κ3) is 5.42. The standard InChI is InChI=1S/C32H29N3O6/c1-37-27-14-12-22(17-28(27)38-2)25-18-24(33-31-19-23(34-35(25)31)21-9-7-6-8-10-21)26(36)13-11-20-15-29(39-3)32(41-5)30(16-20)40-4/h6-19H,1-5H3/b13-11+. The maximum atomic E-state index is 13.5. The van der Waals surface area contributed by atoms with Crippen molar-refractivity contribution in [2.45, 2.75) is 0 Å². The lowest BCUT2D eigenvalue weighted by Gasteiger charge is -2.13. The summed E-state index contributed by atoms with van der Waals surface area (Å²) >= 11 is 0. The smallest absolute Gasteiger partial charge is 0.204 e. The molecule has 0 saturated carbocycles. The molecule has 5 rings (SSSR count). The van der Waals surface area contributed by atoms with Gasteiger partial charge in [0.2, 0.25) is 11.5 Å². The number of carbonyl (C=O) groups is 1. The number of hydrogen-bond acceptors (Lipinski definition) is 8. The van der Waals surface area contributed by atoms with Crippen molar-refractivity contribution in [2.24, 2.45) is 0 Å². The molecule has 0 unspecified atom stereocenters. The van der Waals surface area contributed by atoms with Gasteiger partial charge in [-0.25, -0.2) is 9.50 Å². The average Bonchev–Trinajstić information content (AvgIpc) is 3.47. The maximum Gasteiger partial charge on any atom is 0.204 e. The summed E-state index contributed by atoms with van der Waals surface area (Å²) in [5, 5.41) is 4.82. The predicted molar refractivity (Wildman–Crippen MR) is 156 cm³/mol. The fraction of sp³-hybridized carbons (Fsp3) is 0.156. The van der Waals surface area contributed by atoms with Crippen LogP contribution in [0.3, 0.4) is 0 Å². The van der Waals surface area contributed by atoms with Gasteiger partial charge in [-0.1, -0.05) is 36.4 Å². The Kier molecular flexibility index (Phi) is 7.87. The number of aromatic nitrogens is 3. The van der Waals surface area contributed by atoms with Gasteiger partial charge in [0.1, 0.15) is 5.69 Å². The zero-order chi connectivity index (χ0) is 28.9. The molecule has 5 aromatic rings. The molecule has 0 aliphatic heterocycles. The van der Waals surface area contributed by atoms with E-state index < -0.39 is 0 Å². The van der Waals surface area contributed by atoms with Crippen molar-refractivity contribution >= 4 is 17.5 Å². The van der Waals surface area contributed by atoms with Gasteiger partial charge in [-0.3, -0.25) is 4.79 Å². The molecule has 0 aliphatic rings. The number of allylic oxidation sites excluding steroid dienone is 1. The Morgan fingerprint density at radius 1 is 0.707 bits per heavy atom. The second kappa shape index (κ2) is 11.8. The third-order valence-electron chi connectivity index (χ3n) is 6.54. The van der Waals surface area contributed by atoms with Crippen molar-refractivity contribution in [3.63, 3.8) is 0 Å². The van der Waals surface area contributed by atoms with Crippen LogP contribution in [0.1, 0.15) is 16.1 Å². The summed E-state index contributed by atoms with van der Waals surface area (Å²) in [6.07, 6.45) is 3.15. The fourth-order valence-corrected chi connectivity index (χ4v) is 4.51. The van der Waals surface area contributed by atoms with E-state index in [1.54, 1.807) is 57.2 Å². The normalized spacial score (nSPS) is 11.0. The summed E-state index contributed by atoms with van der Waals surface area (Å²) in [7, 11) is 7.78. The minimum atomic E-state index is -0.287. The van der Waals surface area contributed by atoms with Crippen LogP contribution in [0, 0.1) is 0 Å². The first-order chi connectivity index (χ1) is 20.0. The largest absolute Gasteiger partial charge is 0.493 e. The summed E-state index contributed by atoms with van der Waals surface area (Å²) in [6, 6.07) is 22.5. The van der Waals surface area contributed by atoms with Crippen LogP contribution in [-0.4, -0.2) is 55.9 Å². The van der Waals surface area contributed by atoms with Crippen LogP contribution < -0.4 is 23.7 Å². The molecular weight excluding hydrogens is 522 g/mol. The molecule has 0 N–H and O–H groups in total.